The van der Waals surface area contributed by atoms with Crippen LogP contribution in [0.3, 0.4) is 0 Å². The Hall–Kier alpha value is -0.680. The summed E-state index contributed by atoms with van der Waals surface area (Å²) >= 11 is 1.32. The van der Waals surface area contributed by atoms with Gasteiger partial charge in [0.2, 0.25) is 0 Å². The van der Waals surface area contributed by atoms with Crippen molar-refractivity contribution in [2.24, 2.45) is 0 Å². The predicted octanol–water partition coefficient (Wildman–Crippen LogP) is 1.32. The highest BCUT2D eigenvalue weighted by molar-refractivity contribution is 7.85. The van der Waals surface area contributed by atoms with Crippen molar-refractivity contribution < 1.29 is 13.7 Å². The highest BCUT2D eigenvalue weighted by atomic mass is 32.2. The molecule has 0 saturated heterocycles. The van der Waals surface area contributed by atoms with Crippen molar-refractivity contribution in [1.29, 1.82) is 0 Å². The van der Waals surface area contributed by atoms with E-state index >= 15 is 0 Å². The summed E-state index contributed by atoms with van der Waals surface area (Å²) in [4.78, 5) is 12.0. The molecule has 0 radical (unpaired) electrons. The highest BCUT2D eigenvalue weighted by Gasteiger charge is 2.14. The quantitative estimate of drug-likeness (QED) is 0.716. The minimum Gasteiger partial charge on any atom is -0.495 e. The lowest BCUT2D eigenvalue weighted by Crippen LogP contribution is -2.08. The van der Waals surface area contributed by atoms with E-state index in [9.17, 15) is 9.00 Å². The molecule has 0 amide bonds. The van der Waals surface area contributed by atoms with Crippen molar-refractivity contribution in [2.75, 3.05) is 19.1 Å². The Labute approximate surface area is 83.2 Å². The first-order valence-corrected chi connectivity index (χ1v) is 6.20. The fourth-order valence-electron chi connectivity index (χ4n) is 0.912. The number of ketones is 1. The number of hydrogen-bond acceptors (Lipinski definition) is 4. The Morgan fingerprint density at radius 2 is 2.38 bits per heavy atom. The van der Waals surface area contributed by atoms with Gasteiger partial charge < -0.3 is 4.74 Å². The van der Waals surface area contributed by atoms with Crippen LogP contribution in [-0.4, -0.2) is 29.1 Å². The molecule has 3 nitrogen and oxygen atoms in total. The average Bonchev–Trinajstić information content (AvgIpc) is 2.49. The maximum absolute atomic E-state index is 11.4. The zero-order valence-electron chi connectivity index (χ0n) is 7.40. The summed E-state index contributed by atoms with van der Waals surface area (Å²) in [6.45, 7) is 0. The number of Topliss-reactive ketones (excluding diaryl/α,β-unsaturated/α-hetero) is 1. The predicted molar refractivity (Wildman–Crippen MR) is 54.1 cm³/mol. The summed E-state index contributed by atoms with van der Waals surface area (Å²) in [5.74, 6) is 0.518. The van der Waals surface area contributed by atoms with Crippen LogP contribution in [0.15, 0.2) is 11.4 Å². The lowest BCUT2D eigenvalue weighted by molar-refractivity contribution is 0.102. The molecule has 0 fully saturated rings. The molecule has 1 rings (SSSR count). The van der Waals surface area contributed by atoms with Crippen molar-refractivity contribution >= 4 is 27.9 Å². The van der Waals surface area contributed by atoms with Crippen LogP contribution in [-0.2, 0) is 10.8 Å². The van der Waals surface area contributed by atoms with E-state index in [1.54, 1.807) is 11.4 Å². The molecule has 0 bridgehead atoms. The molecular formula is C8H10O3S2. The van der Waals surface area contributed by atoms with Crippen molar-refractivity contribution in [3.63, 3.8) is 0 Å². The molecule has 72 valence electrons. The van der Waals surface area contributed by atoms with E-state index in [2.05, 4.69) is 0 Å². The number of carbonyl (C=O) groups is 1. The van der Waals surface area contributed by atoms with Crippen LogP contribution in [0.2, 0.25) is 0 Å². The van der Waals surface area contributed by atoms with E-state index in [0.717, 1.165) is 0 Å². The topological polar surface area (TPSA) is 43.4 Å². The van der Waals surface area contributed by atoms with Crippen molar-refractivity contribution in [1.82, 2.24) is 0 Å². The first-order valence-electron chi connectivity index (χ1n) is 3.60. The lowest BCUT2D eigenvalue weighted by Gasteiger charge is -1.99. The fourth-order valence-corrected chi connectivity index (χ4v) is 2.32. The number of methoxy groups -OCH3 is 1. The molecule has 0 saturated carbocycles. The van der Waals surface area contributed by atoms with Gasteiger partial charge >= 0.3 is 0 Å². The van der Waals surface area contributed by atoms with Crippen molar-refractivity contribution in [3.05, 3.63) is 16.3 Å². The molecule has 0 aromatic carbocycles. The molecule has 5 heteroatoms. The third-order valence-corrected chi connectivity index (χ3v) is 3.04. The van der Waals surface area contributed by atoms with Gasteiger partial charge in [0.15, 0.2) is 5.78 Å². The monoisotopic (exact) mass is 218 g/mol. The van der Waals surface area contributed by atoms with Gasteiger partial charge in [-0.2, -0.15) is 0 Å². The Morgan fingerprint density at radius 3 is 2.92 bits per heavy atom. The zero-order chi connectivity index (χ0) is 9.84. The third kappa shape index (κ3) is 2.63. The molecule has 1 atom stereocenters. The van der Waals surface area contributed by atoms with Gasteiger partial charge in [-0.15, -0.1) is 11.3 Å². The van der Waals surface area contributed by atoms with Gasteiger partial charge in [0.05, 0.1) is 12.9 Å². The number of carbonyl (C=O) groups excluding carboxylic acids is 1. The lowest BCUT2D eigenvalue weighted by atomic mass is 10.3. The highest BCUT2D eigenvalue weighted by Crippen LogP contribution is 2.24. The summed E-state index contributed by atoms with van der Waals surface area (Å²) in [7, 11) is 0.427. The second kappa shape index (κ2) is 4.53. The first-order chi connectivity index (χ1) is 6.15. The van der Waals surface area contributed by atoms with Crippen LogP contribution >= 0.6 is 11.3 Å². The third-order valence-electron chi connectivity index (χ3n) is 1.44. The summed E-state index contributed by atoms with van der Waals surface area (Å²) in [6, 6.07) is 1.73. The van der Waals surface area contributed by atoms with Gasteiger partial charge in [-0.05, 0) is 11.4 Å². The minimum absolute atomic E-state index is 0.0663. The summed E-state index contributed by atoms with van der Waals surface area (Å²) < 4.78 is 15.8. The largest absolute Gasteiger partial charge is 0.495 e. The normalized spacial score (nSPS) is 12.5. The maximum Gasteiger partial charge on any atom is 0.188 e. The number of thiophene rings is 1. The molecular weight excluding hydrogens is 208 g/mol. The summed E-state index contributed by atoms with van der Waals surface area (Å²) in [6.07, 6.45) is 1.51. The number of hydrogen-bond donors (Lipinski definition) is 0. The number of ether oxygens (including phenoxy) is 1. The maximum atomic E-state index is 11.4. The SMILES string of the molecule is COc1ccsc1C(=O)CS(C)=O. The molecule has 0 spiro atoms. The first kappa shape index (κ1) is 10.4. The van der Waals surface area contributed by atoms with E-state index in [-0.39, 0.29) is 11.5 Å². The van der Waals surface area contributed by atoms with Crippen molar-refractivity contribution in [3.8, 4) is 5.75 Å². The Morgan fingerprint density at radius 1 is 1.69 bits per heavy atom. The molecule has 0 aliphatic carbocycles. The van der Waals surface area contributed by atoms with Gasteiger partial charge in [-0.25, -0.2) is 0 Å². The minimum atomic E-state index is -1.09. The van der Waals surface area contributed by atoms with Gasteiger partial charge in [-0.1, -0.05) is 0 Å². The Bertz CT molecular complexity index is 330. The van der Waals surface area contributed by atoms with Crippen LogP contribution in [0.5, 0.6) is 5.75 Å². The molecule has 0 aliphatic rings. The molecule has 1 heterocycles. The van der Waals surface area contributed by atoms with Crippen LogP contribution in [0.1, 0.15) is 9.67 Å². The smallest absolute Gasteiger partial charge is 0.188 e. The van der Waals surface area contributed by atoms with Crippen LogP contribution < -0.4 is 4.74 Å². The van der Waals surface area contributed by atoms with Crippen LogP contribution in [0.25, 0.3) is 0 Å². The second-order valence-electron chi connectivity index (χ2n) is 2.46. The van der Waals surface area contributed by atoms with Gasteiger partial charge in [0.25, 0.3) is 0 Å². The molecule has 0 aliphatic heterocycles. The van der Waals surface area contributed by atoms with E-state index in [1.165, 1.54) is 24.7 Å². The second-order valence-corrected chi connectivity index (χ2v) is 4.81. The fraction of sp³-hybridized carbons (Fsp3) is 0.375. The molecule has 0 N–H and O–H groups in total. The van der Waals surface area contributed by atoms with Crippen LogP contribution in [0, 0.1) is 0 Å². The van der Waals surface area contributed by atoms with Crippen molar-refractivity contribution in [2.45, 2.75) is 0 Å². The summed E-state index contributed by atoms with van der Waals surface area (Å²) in [5, 5.41) is 1.78. The van der Waals surface area contributed by atoms with Gasteiger partial charge in [0, 0.05) is 17.1 Å². The summed E-state index contributed by atoms with van der Waals surface area (Å²) in [5.41, 5.74) is 0. The van der Waals surface area contributed by atoms with Gasteiger partial charge in [-0.3, -0.25) is 9.00 Å². The average molecular weight is 218 g/mol. The van der Waals surface area contributed by atoms with E-state index in [4.69, 9.17) is 4.74 Å². The van der Waals surface area contributed by atoms with Crippen LogP contribution in [0.4, 0.5) is 0 Å². The van der Waals surface area contributed by atoms with Gasteiger partial charge in [0.1, 0.15) is 10.6 Å². The zero-order valence-corrected chi connectivity index (χ0v) is 9.04. The molecule has 1 unspecified atom stereocenters. The standard InChI is InChI=1S/C8H10O3S2/c1-11-7-3-4-12-8(7)6(9)5-13(2)10/h3-4H,5H2,1-2H3. The van der Waals surface area contributed by atoms with E-state index in [1.807, 2.05) is 0 Å². The Kier molecular flexibility index (Phi) is 3.62. The molecule has 13 heavy (non-hydrogen) atoms. The van der Waals surface area contributed by atoms with E-state index < -0.39 is 10.8 Å². The van der Waals surface area contributed by atoms with E-state index in [0.29, 0.717) is 10.6 Å². The molecule has 1 aromatic heterocycles. The molecule has 1 aromatic rings. The Balaban J connectivity index is 2.82. The number of rotatable bonds is 4.